The number of ether oxygens (including phenoxy) is 2. The summed E-state index contributed by atoms with van der Waals surface area (Å²) in [5, 5.41) is 11.8. The molecule has 0 fully saturated rings. The second kappa shape index (κ2) is 9.56. The Hall–Kier alpha value is -4.13. The minimum Gasteiger partial charge on any atom is -0.496 e. The molecule has 0 aliphatic heterocycles. The van der Waals surface area contributed by atoms with E-state index in [2.05, 4.69) is 5.32 Å². The van der Waals surface area contributed by atoms with Gasteiger partial charge >= 0.3 is 12.1 Å². The number of carboxylic acids is 1. The van der Waals surface area contributed by atoms with E-state index in [9.17, 15) is 19.5 Å². The Balaban J connectivity index is 1.42. The van der Waals surface area contributed by atoms with Gasteiger partial charge in [0, 0.05) is 12.3 Å². The zero-order chi connectivity index (χ0) is 23.4. The Morgan fingerprint density at radius 1 is 0.909 bits per heavy atom. The van der Waals surface area contributed by atoms with Crippen molar-refractivity contribution in [2.24, 2.45) is 0 Å². The van der Waals surface area contributed by atoms with Crippen LogP contribution in [-0.2, 0) is 9.53 Å². The minimum absolute atomic E-state index is 0.0483. The first-order valence-electron chi connectivity index (χ1n) is 10.5. The van der Waals surface area contributed by atoms with Crippen molar-refractivity contribution in [2.75, 3.05) is 13.7 Å². The Kier molecular flexibility index (Phi) is 6.40. The van der Waals surface area contributed by atoms with E-state index in [-0.39, 0.29) is 18.1 Å². The van der Waals surface area contributed by atoms with Crippen LogP contribution in [0.5, 0.6) is 5.75 Å². The van der Waals surface area contributed by atoms with Crippen LogP contribution in [0.3, 0.4) is 0 Å². The molecule has 1 aliphatic rings. The number of benzene rings is 3. The molecular weight excluding hydrogens is 422 g/mol. The third-order valence-electron chi connectivity index (χ3n) is 5.73. The van der Waals surface area contributed by atoms with Gasteiger partial charge in [0.15, 0.2) is 5.78 Å². The van der Waals surface area contributed by atoms with Crippen LogP contribution >= 0.6 is 0 Å². The number of para-hydroxylation sites is 1. The van der Waals surface area contributed by atoms with E-state index in [1.807, 2.05) is 48.5 Å². The van der Waals surface area contributed by atoms with Crippen LogP contribution in [-0.4, -0.2) is 42.7 Å². The molecule has 2 N–H and O–H groups in total. The van der Waals surface area contributed by atoms with Gasteiger partial charge in [0.05, 0.1) is 12.7 Å². The number of carbonyl (C=O) groups is 3. The number of alkyl carbamates (subject to hydrolysis) is 1. The molecule has 1 amide bonds. The Morgan fingerprint density at radius 3 is 2.09 bits per heavy atom. The van der Waals surface area contributed by atoms with Gasteiger partial charge in [0.2, 0.25) is 0 Å². The highest BCUT2D eigenvalue weighted by Crippen LogP contribution is 2.44. The SMILES string of the molecule is COc1ccccc1C(=O)C[C@H](NC(=O)OCC1c2ccccc2-c2ccccc21)C(=O)O. The molecule has 0 radical (unpaired) electrons. The van der Waals surface area contributed by atoms with Gasteiger partial charge < -0.3 is 19.9 Å². The van der Waals surface area contributed by atoms with Crippen molar-refractivity contribution >= 4 is 17.8 Å². The fraction of sp³-hybridized carbons (Fsp3) is 0.192. The summed E-state index contributed by atoms with van der Waals surface area (Å²) in [6.45, 7) is 0.0483. The molecule has 33 heavy (non-hydrogen) atoms. The Morgan fingerprint density at radius 2 is 1.48 bits per heavy atom. The van der Waals surface area contributed by atoms with E-state index in [4.69, 9.17) is 9.47 Å². The number of hydrogen-bond donors (Lipinski definition) is 2. The van der Waals surface area contributed by atoms with Crippen LogP contribution in [0.15, 0.2) is 72.8 Å². The van der Waals surface area contributed by atoms with Crippen LogP contribution in [0.1, 0.15) is 33.8 Å². The predicted octanol–water partition coefficient (Wildman–Crippen LogP) is 4.26. The number of hydrogen-bond acceptors (Lipinski definition) is 5. The van der Waals surface area contributed by atoms with Gasteiger partial charge in [-0.05, 0) is 34.4 Å². The summed E-state index contributed by atoms with van der Waals surface area (Å²) >= 11 is 0. The second-order valence-electron chi connectivity index (χ2n) is 7.69. The monoisotopic (exact) mass is 445 g/mol. The third-order valence-corrected chi connectivity index (χ3v) is 5.73. The zero-order valence-corrected chi connectivity index (χ0v) is 18.0. The first kappa shape index (κ1) is 22.1. The lowest BCUT2D eigenvalue weighted by atomic mass is 9.98. The normalized spacial score (nSPS) is 12.9. The maximum atomic E-state index is 12.6. The molecule has 0 heterocycles. The predicted molar refractivity (Wildman–Crippen MR) is 122 cm³/mol. The van der Waals surface area contributed by atoms with Crippen molar-refractivity contribution in [3.8, 4) is 16.9 Å². The standard InChI is InChI=1S/C26H23NO6/c1-32-24-13-7-6-12-20(24)23(28)14-22(25(29)30)27-26(31)33-15-21-18-10-4-2-8-16(18)17-9-3-5-11-19(17)21/h2-13,21-22H,14-15H2,1H3,(H,27,31)(H,29,30)/t22-/m0/s1. The summed E-state index contributed by atoms with van der Waals surface area (Å²) in [5.74, 6) is -1.60. The fourth-order valence-corrected chi connectivity index (χ4v) is 4.15. The van der Waals surface area contributed by atoms with Crippen LogP contribution < -0.4 is 10.1 Å². The van der Waals surface area contributed by atoms with E-state index in [1.165, 1.54) is 7.11 Å². The molecule has 1 aliphatic carbocycles. The van der Waals surface area contributed by atoms with Gasteiger partial charge in [0.1, 0.15) is 18.4 Å². The van der Waals surface area contributed by atoms with Crippen LogP contribution in [0, 0.1) is 0 Å². The fourth-order valence-electron chi connectivity index (χ4n) is 4.15. The summed E-state index contributed by atoms with van der Waals surface area (Å²) in [7, 11) is 1.43. The summed E-state index contributed by atoms with van der Waals surface area (Å²) in [6, 6.07) is 20.9. The number of nitrogens with one attached hydrogen (secondary N) is 1. The number of carbonyl (C=O) groups excluding carboxylic acids is 2. The first-order valence-corrected chi connectivity index (χ1v) is 10.5. The molecule has 0 spiro atoms. The number of fused-ring (bicyclic) bond motifs is 3. The molecule has 1 atom stereocenters. The van der Waals surface area contributed by atoms with Gasteiger partial charge in [-0.15, -0.1) is 0 Å². The molecule has 0 bridgehead atoms. The lowest BCUT2D eigenvalue weighted by Crippen LogP contribution is -2.42. The molecule has 0 saturated carbocycles. The number of aliphatic carboxylic acids is 1. The Bertz CT molecular complexity index is 1160. The van der Waals surface area contributed by atoms with Crippen LogP contribution in [0.4, 0.5) is 4.79 Å². The van der Waals surface area contributed by atoms with Crippen molar-refractivity contribution in [3.63, 3.8) is 0 Å². The van der Waals surface area contributed by atoms with Gasteiger partial charge in [0.25, 0.3) is 0 Å². The van der Waals surface area contributed by atoms with Crippen molar-refractivity contribution in [1.29, 1.82) is 0 Å². The molecule has 3 aromatic rings. The summed E-state index contributed by atoms with van der Waals surface area (Å²) in [4.78, 5) is 36.8. The van der Waals surface area contributed by atoms with E-state index < -0.39 is 30.3 Å². The molecule has 0 unspecified atom stereocenters. The molecule has 7 nitrogen and oxygen atoms in total. The number of amides is 1. The van der Waals surface area contributed by atoms with Crippen LogP contribution in [0.2, 0.25) is 0 Å². The largest absolute Gasteiger partial charge is 0.496 e. The van der Waals surface area contributed by atoms with Gasteiger partial charge in [-0.2, -0.15) is 0 Å². The maximum Gasteiger partial charge on any atom is 0.407 e. The quantitative estimate of drug-likeness (QED) is 0.503. The molecule has 0 aromatic heterocycles. The van der Waals surface area contributed by atoms with Crippen molar-refractivity contribution in [2.45, 2.75) is 18.4 Å². The highest BCUT2D eigenvalue weighted by molar-refractivity contribution is 6.01. The second-order valence-corrected chi connectivity index (χ2v) is 7.69. The molecule has 0 saturated heterocycles. The number of rotatable bonds is 8. The number of carboxylic acid groups (broad SMARTS) is 1. The average molecular weight is 445 g/mol. The van der Waals surface area contributed by atoms with E-state index in [0.29, 0.717) is 5.75 Å². The highest BCUT2D eigenvalue weighted by Gasteiger charge is 2.30. The van der Waals surface area contributed by atoms with Crippen molar-refractivity contribution < 1.29 is 29.0 Å². The summed E-state index contributed by atoms with van der Waals surface area (Å²) in [5.41, 5.74) is 4.53. The van der Waals surface area contributed by atoms with Gasteiger partial charge in [-0.3, -0.25) is 4.79 Å². The molecular formula is C26H23NO6. The van der Waals surface area contributed by atoms with E-state index in [1.54, 1.807) is 24.3 Å². The van der Waals surface area contributed by atoms with Gasteiger partial charge in [-0.1, -0.05) is 60.7 Å². The minimum atomic E-state index is -1.43. The first-order chi connectivity index (χ1) is 16.0. The van der Waals surface area contributed by atoms with Gasteiger partial charge in [-0.25, -0.2) is 9.59 Å². The smallest absolute Gasteiger partial charge is 0.407 e. The number of ketones is 1. The Labute approximate surface area is 191 Å². The molecule has 168 valence electrons. The number of methoxy groups -OCH3 is 1. The molecule has 4 rings (SSSR count). The summed E-state index contributed by atoms with van der Waals surface area (Å²) < 4.78 is 10.6. The third kappa shape index (κ3) is 4.57. The van der Waals surface area contributed by atoms with E-state index >= 15 is 0 Å². The molecule has 3 aromatic carbocycles. The lowest BCUT2D eigenvalue weighted by Gasteiger charge is -2.17. The number of Topliss-reactive ketones (excluding diaryl/α,β-unsaturated/α-hetero) is 1. The zero-order valence-electron chi connectivity index (χ0n) is 18.0. The lowest BCUT2D eigenvalue weighted by molar-refractivity contribution is -0.139. The highest BCUT2D eigenvalue weighted by atomic mass is 16.5. The van der Waals surface area contributed by atoms with E-state index in [0.717, 1.165) is 22.3 Å². The maximum absolute atomic E-state index is 12.6. The van der Waals surface area contributed by atoms with Crippen molar-refractivity contribution in [1.82, 2.24) is 5.32 Å². The summed E-state index contributed by atoms with van der Waals surface area (Å²) in [6.07, 6.45) is -1.32. The average Bonchev–Trinajstić information content (AvgIpc) is 3.16. The topological polar surface area (TPSA) is 102 Å². The van der Waals surface area contributed by atoms with Crippen molar-refractivity contribution in [3.05, 3.63) is 89.5 Å². The molecule has 7 heteroatoms. The van der Waals surface area contributed by atoms with Crippen LogP contribution in [0.25, 0.3) is 11.1 Å².